The molecule has 0 spiro atoms. The zero-order valence-electron chi connectivity index (χ0n) is 13.3. The summed E-state index contributed by atoms with van der Waals surface area (Å²) in [5, 5.41) is 7.23. The van der Waals surface area contributed by atoms with Crippen molar-refractivity contribution in [2.75, 3.05) is 0 Å². The maximum absolute atomic E-state index is 13.0. The van der Waals surface area contributed by atoms with E-state index in [-0.39, 0.29) is 17.8 Å². The summed E-state index contributed by atoms with van der Waals surface area (Å²) in [7, 11) is 1.87. The van der Waals surface area contributed by atoms with Crippen molar-refractivity contribution in [3.05, 3.63) is 53.6 Å². The van der Waals surface area contributed by atoms with E-state index >= 15 is 0 Å². The van der Waals surface area contributed by atoms with E-state index in [1.165, 1.54) is 17.7 Å². The maximum atomic E-state index is 13.0. The van der Waals surface area contributed by atoms with Gasteiger partial charge in [-0.2, -0.15) is 5.10 Å². The van der Waals surface area contributed by atoms with Crippen molar-refractivity contribution in [2.24, 2.45) is 7.05 Å². The van der Waals surface area contributed by atoms with Crippen LogP contribution in [0.25, 0.3) is 0 Å². The minimum absolute atomic E-state index is 0.0959. The minimum Gasteiger partial charge on any atom is -0.353 e. The Hall–Kier alpha value is -2.17. The molecule has 1 aromatic carbocycles. The summed E-state index contributed by atoms with van der Waals surface area (Å²) in [4.78, 5) is 12.1. The molecule has 1 N–H and O–H groups in total. The fraction of sp³-hybridized carbons (Fsp3) is 0.444. The zero-order chi connectivity index (χ0) is 16.2. The lowest BCUT2D eigenvalue weighted by Gasteiger charge is -2.13. The van der Waals surface area contributed by atoms with Crippen molar-refractivity contribution in [2.45, 2.75) is 44.1 Å². The van der Waals surface area contributed by atoms with Gasteiger partial charge in [-0.15, -0.1) is 0 Å². The van der Waals surface area contributed by atoms with Crippen molar-refractivity contribution in [3.8, 4) is 0 Å². The normalized spacial score (nSPS) is 20.6. The highest BCUT2D eigenvalue weighted by Crippen LogP contribution is 2.34. The number of carbonyl (C=O) groups excluding carboxylic acids is 1. The van der Waals surface area contributed by atoms with Gasteiger partial charge in [-0.05, 0) is 54.9 Å². The zero-order valence-corrected chi connectivity index (χ0v) is 13.3. The smallest absolute Gasteiger partial charge is 0.220 e. The topological polar surface area (TPSA) is 46.9 Å². The van der Waals surface area contributed by atoms with Crippen molar-refractivity contribution in [1.29, 1.82) is 0 Å². The molecule has 4 nitrogen and oxygen atoms in total. The second-order valence-electron chi connectivity index (χ2n) is 6.35. The summed E-state index contributed by atoms with van der Waals surface area (Å²) >= 11 is 0. The molecule has 1 aliphatic carbocycles. The molecule has 0 radical (unpaired) electrons. The van der Waals surface area contributed by atoms with Crippen LogP contribution in [0.15, 0.2) is 36.7 Å². The highest BCUT2D eigenvalue weighted by molar-refractivity contribution is 5.76. The first-order chi connectivity index (χ1) is 11.1. The summed E-state index contributed by atoms with van der Waals surface area (Å²) in [6.07, 6.45) is 7.90. The molecule has 1 heterocycles. The minimum atomic E-state index is -0.202. The van der Waals surface area contributed by atoms with E-state index in [1.807, 2.05) is 25.4 Å². The number of rotatable bonds is 5. The lowest BCUT2D eigenvalue weighted by Crippen LogP contribution is -2.32. The largest absolute Gasteiger partial charge is 0.353 e. The first-order valence-electron chi connectivity index (χ1n) is 8.12. The highest BCUT2D eigenvalue weighted by atomic mass is 19.1. The average molecular weight is 315 g/mol. The first kappa shape index (κ1) is 15.7. The van der Waals surface area contributed by atoms with Gasteiger partial charge in [-0.25, -0.2) is 4.39 Å². The third-order valence-electron chi connectivity index (χ3n) is 4.54. The number of hydrogen-bond donors (Lipinski definition) is 1. The molecule has 1 amide bonds. The Kier molecular flexibility index (Phi) is 4.74. The van der Waals surface area contributed by atoms with Gasteiger partial charge in [0.05, 0.1) is 6.20 Å². The summed E-state index contributed by atoms with van der Waals surface area (Å²) in [5.41, 5.74) is 2.25. The van der Waals surface area contributed by atoms with Gasteiger partial charge in [0.1, 0.15) is 5.82 Å². The molecule has 1 saturated carbocycles. The van der Waals surface area contributed by atoms with Crippen LogP contribution in [0.4, 0.5) is 4.39 Å². The molecule has 1 fully saturated rings. The number of aryl methyl sites for hydroxylation is 2. The van der Waals surface area contributed by atoms with Gasteiger partial charge in [0.2, 0.25) is 5.91 Å². The molecule has 3 rings (SSSR count). The number of halogens is 1. The summed E-state index contributed by atoms with van der Waals surface area (Å²) in [5.74, 6) is 0.310. The fourth-order valence-corrected chi connectivity index (χ4v) is 3.31. The van der Waals surface area contributed by atoms with Crippen LogP contribution in [0.3, 0.4) is 0 Å². The van der Waals surface area contributed by atoms with Crippen molar-refractivity contribution in [3.63, 3.8) is 0 Å². The second-order valence-corrected chi connectivity index (χ2v) is 6.35. The second kappa shape index (κ2) is 6.94. The lowest BCUT2D eigenvalue weighted by atomic mass is 9.97. The predicted molar refractivity (Wildman–Crippen MR) is 86.5 cm³/mol. The molecule has 1 aliphatic rings. The number of hydrogen-bond acceptors (Lipinski definition) is 2. The third kappa shape index (κ3) is 4.18. The molecule has 122 valence electrons. The highest BCUT2D eigenvalue weighted by Gasteiger charge is 2.26. The Morgan fingerprint density at radius 1 is 1.35 bits per heavy atom. The Balaban J connectivity index is 1.45. The van der Waals surface area contributed by atoms with E-state index in [9.17, 15) is 9.18 Å². The molecule has 1 aromatic heterocycles. The van der Waals surface area contributed by atoms with Gasteiger partial charge in [0.25, 0.3) is 0 Å². The molecule has 0 bridgehead atoms. The van der Waals surface area contributed by atoms with Crippen LogP contribution >= 0.6 is 0 Å². The van der Waals surface area contributed by atoms with E-state index in [0.717, 1.165) is 24.8 Å². The summed E-state index contributed by atoms with van der Waals surface area (Å²) in [6.45, 7) is 0. The quantitative estimate of drug-likeness (QED) is 0.922. The molecule has 2 aromatic rings. The fourth-order valence-electron chi connectivity index (χ4n) is 3.31. The number of nitrogens with zero attached hydrogens (tertiary/aromatic N) is 2. The van der Waals surface area contributed by atoms with Crippen LogP contribution in [0, 0.1) is 5.82 Å². The first-order valence-corrected chi connectivity index (χ1v) is 8.12. The van der Waals surface area contributed by atoms with Crippen LogP contribution in [0.2, 0.25) is 0 Å². The number of aromatic nitrogens is 2. The van der Waals surface area contributed by atoms with Gasteiger partial charge in [-0.1, -0.05) is 12.1 Å². The lowest BCUT2D eigenvalue weighted by molar-refractivity contribution is -0.121. The SMILES string of the molecule is Cn1cc(CCC(=O)N[C@H]2CC[C@H](c3ccc(F)cc3)C2)cn1. The van der Waals surface area contributed by atoms with Crippen molar-refractivity contribution < 1.29 is 9.18 Å². The molecule has 5 heteroatoms. The number of benzene rings is 1. The standard InChI is InChI=1S/C18H22FN3O/c1-22-12-13(11-20-22)2-9-18(23)21-17-8-5-15(10-17)14-3-6-16(19)7-4-14/h3-4,6-7,11-12,15,17H,2,5,8-10H2,1H3,(H,21,23)/t15-,17-/m0/s1. The molecule has 2 atom stereocenters. The van der Waals surface area contributed by atoms with Crippen molar-refractivity contribution in [1.82, 2.24) is 15.1 Å². The molecular weight excluding hydrogens is 293 g/mol. The summed E-state index contributed by atoms with van der Waals surface area (Å²) in [6, 6.07) is 6.95. The monoisotopic (exact) mass is 315 g/mol. The van der Waals surface area contributed by atoms with Crippen LogP contribution in [-0.2, 0) is 18.3 Å². The van der Waals surface area contributed by atoms with Crippen LogP contribution in [0.1, 0.15) is 42.7 Å². The van der Waals surface area contributed by atoms with Gasteiger partial charge in [0, 0.05) is 25.7 Å². The number of nitrogens with one attached hydrogen (secondary N) is 1. The number of carbonyl (C=O) groups is 1. The summed E-state index contributed by atoms with van der Waals surface area (Å²) < 4.78 is 14.7. The van der Waals surface area contributed by atoms with Crippen molar-refractivity contribution >= 4 is 5.91 Å². The Morgan fingerprint density at radius 3 is 2.83 bits per heavy atom. The number of amides is 1. The van der Waals surface area contributed by atoms with E-state index in [0.29, 0.717) is 18.8 Å². The van der Waals surface area contributed by atoms with Crippen LogP contribution in [0.5, 0.6) is 0 Å². The van der Waals surface area contributed by atoms with Gasteiger partial charge >= 0.3 is 0 Å². The van der Waals surface area contributed by atoms with Crippen LogP contribution < -0.4 is 5.32 Å². The molecular formula is C18H22FN3O. The maximum Gasteiger partial charge on any atom is 0.220 e. The van der Waals surface area contributed by atoms with Gasteiger partial charge < -0.3 is 5.32 Å². The average Bonchev–Trinajstić information content (AvgIpc) is 3.15. The molecule has 0 unspecified atom stereocenters. The van der Waals surface area contributed by atoms with E-state index in [2.05, 4.69) is 10.4 Å². The molecule has 0 saturated heterocycles. The molecule has 23 heavy (non-hydrogen) atoms. The van der Waals surface area contributed by atoms with Gasteiger partial charge in [-0.3, -0.25) is 9.48 Å². The Labute approximate surface area is 135 Å². The predicted octanol–water partition coefficient (Wildman–Crippen LogP) is 2.94. The van der Waals surface area contributed by atoms with Crippen LogP contribution in [-0.4, -0.2) is 21.7 Å². The van der Waals surface area contributed by atoms with E-state index < -0.39 is 0 Å². The Morgan fingerprint density at radius 2 is 2.13 bits per heavy atom. The third-order valence-corrected chi connectivity index (χ3v) is 4.54. The van der Waals surface area contributed by atoms with E-state index in [4.69, 9.17) is 0 Å². The van der Waals surface area contributed by atoms with E-state index in [1.54, 1.807) is 10.9 Å². The Bertz CT molecular complexity index is 665. The van der Waals surface area contributed by atoms with Gasteiger partial charge in [0.15, 0.2) is 0 Å². The molecule has 0 aliphatic heterocycles.